The van der Waals surface area contributed by atoms with E-state index >= 15 is 0 Å². The van der Waals surface area contributed by atoms with Crippen molar-refractivity contribution in [2.45, 2.75) is 19.6 Å². The molecule has 0 saturated heterocycles. The maximum absolute atomic E-state index is 14.1. The molecule has 0 radical (unpaired) electrons. The minimum absolute atomic E-state index is 0.0160. The van der Waals surface area contributed by atoms with Crippen LogP contribution in [0.5, 0.6) is 0 Å². The molecule has 7 heteroatoms. The molecule has 1 aromatic heterocycles. The Balaban J connectivity index is 1.60. The summed E-state index contributed by atoms with van der Waals surface area (Å²) in [5.74, 6) is 0.171. The summed E-state index contributed by atoms with van der Waals surface area (Å²) < 4.78 is 19.3. The van der Waals surface area contributed by atoms with Gasteiger partial charge in [-0.05, 0) is 36.0 Å². The molecule has 3 aromatic rings. The monoisotopic (exact) mass is 411 g/mol. The average molecular weight is 412 g/mol. The molecular formula is C22H22FN3O2S. The van der Waals surface area contributed by atoms with Gasteiger partial charge in [0.05, 0.1) is 19.4 Å². The summed E-state index contributed by atoms with van der Waals surface area (Å²) in [7, 11) is 0. The second-order valence-corrected chi connectivity index (χ2v) is 6.83. The molecular weight excluding hydrogens is 389 g/mol. The van der Waals surface area contributed by atoms with Crippen molar-refractivity contribution in [3.8, 4) is 0 Å². The van der Waals surface area contributed by atoms with Crippen LogP contribution in [0.3, 0.4) is 0 Å². The number of thiocarbonyl (C=S) groups is 1. The highest BCUT2D eigenvalue weighted by Gasteiger charge is 2.14. The standard InChI is InChI=1S/C22H22FN3O2S/c23-20-11-5-4-9-18(20)16-26(15-17-7-2-1-3-8-17)22(29)25-14-21(27)24-13-19-10-6-12-28-19/h1-12H,13-16H2,(H,24,27)(H,25,29). The van der Waals surface area contributed by atoms with Gasteiger partial charge in [-0.15, -0.1) is 0 Å². The lowest BCUT2D eigenvalue weighted by atomic mass is 10.1. The first-order valence-corrected chi connectivity index (χ1v) is 9.62. The topological polar surface area (TPSA) is 57.5 Å². The van der Waals surface area contributed by atoms with E-state index in [4.69, 9.17) is 16.6 Å². The summed E-state index contributed by atoms with van der Waals surface area (Å²) >= 11 is 5.49. The molecule has 0 spiro atoms. The Morgan fingerprint density at radius 1 is 0.966 bits per heavy atom. The average Bonchev–Trinajstić information content (AvgIpc) is 3.26. The van der Waals surface area contributed by atoms with E-state index in [0.29, 0.717) is 36.1 Å². The van der Waals surface area contributed by atoms with Gasteiger partial charge < -0.3 is 20.0 Å². The Bertz CT molecular complexity index is 932. The summed E-state index contributed by atoms with van der Waals surface area (Å²) in [5, 5.41) is 6.10. The second-order valence-electron chi connectivity index (χ2n) is 6.45. The fraction of sp³-hybridized carbons (Fsp3) is 0.182. The van der Waals surface area contributed by atoms with Crippen LogP contribution in [-0.4, -0.2) is 22.5 Å². The van der Waals surface area contributed by atoms with E-state index in [1.54, 1.807) is 36.6 Å². The van der Waals surface area contributed by atoms with E-state index in [9.17, 15) is 9.18 Å². The number of carbonyl (C=O) groups is 1. The number of rotatable bonds is 8. The minimum Gasteiger partial charge on any atom is -0.467 e. The summed E-state index contributed by atoms with van der Waals surface area (Å²) in [4.78, 5) is 13.9. The van der Waals surface area contributed by atoms with Gasteiger partial charge in [-0.1, -0.05) is 48.5 Å². The third-order valence-corrected chi connectivity index (χ3v) is 4.67. The van der Waals surface area contributed by atoms with Crippen molar-refractivity contribution in [3.63, 3.8) is 0 Å². The van der Waals surface area contributed by atoms with Gasteiger partial charge in [0.1, 0.15) is 11.6 Å². The molecule has 0 saturated carbocycles. The first-order chi connectivity index (χ1) is 14.1. The number of amides is 1. The highest BCUT2D eigenvalue weighted by Crippen LogP contribution is 2.13. The van der Waals surface area contributed by atoms with Crippen molar-refractivity contribution < 1.29 is 13.6 Å². The molecule has 0 aliphatic heterocycles. The third-order valence-electron chi connectivity index (χ3n) is 4.26. The zero-order valence-electron chi connectivity index (χ0n) is 15.8. The molecule has 2 aromatic carbocycles. The zero-order chi connectivity index (χ0) is 20.5. The Kier molecular flexibility index (Phi) is 7.35. The van der Waals surface area contributed by atoms with E-state index in [-0.39, 0.29) is 18.3 Å². The number of benzene rings is 2. The Labute approximate surface area is 174 Å². The molecule has 5 nitrogen and oxygen atoms in total. The number of carbonyl (C=O) groups excluding carboxylic acids is 1. The van der Waals surface area contributed by atoms with Crippen molar-refractivity contribution in [1.29, 1.82) is 0 Å². The van der Waals surface area contributed by atoms with Crippen LogP contribution >= 0.6 is 12.2 Å². The van der Waals surface area contributed by atoms with E-state index in [1.165, 1.54) is 6.07 Å². The van der Waals surface area contributed by atoms with Crippen LogP contribution < -0.4 is 10.6 Å². The van der Waals surface area contributed by atoms with Gasteiger partial charge >= 0.3 is 0 Å². The second kappa shape index (κ2) is 10.4. The summed E-state index contributed by atoms with van der Waals surface area (Å²) in [6.07, 6.45) is 1.55. The van der Waals surface area contributed by atoms with Crippen LogP contribution in [0.25, 0.3) is 0 Å². The molecule has 2 N–H and O–H groups in total. The molecule has 29 heavy (non-hydrogen) atoms. The molecule has 0 unspecified atom stereocenters. The highest BCUT2D eigenvalue weighted by molar-refractivity contribution is 7.80. The van der Waals surface area contributed by atoms with E-state index in [1.807, 2.05) is 35.2 Å². The first-order valence-electron chi connectivity index (χ1n) is 9.21. The quantitative estimate of drug-likeness (QED) is 0.555. The fourth-order valence-corrected chi connectivity index (χ4v) is 2.97. The van der Waals surface area contributed by atoms with Gasteiger partial charge in [0.15, 0.2) is 5.11 Å². The lowest BCUT2D eigenvalue weighted by molar-refractivity contribution is -0.120. The van der Waals surface area contributed by atoms with Crippen molar-refractivity contribution in [2.24, 2.45) is 0 Å². The van der Waals surface area contributed by atoms with E-state index in [2.05, 4.69) is 10.6 Å². The number of furan rings is 1. The van der Waals surface area contributed by atoms with Crippen LogP contribution in [0, 0.1) is 5.82 Å². The predicted molar refractivity (Wildman–Crippen MR) is 113 cm³/mol. The predicted octanol–water partition coefficient (Wildman–Crippen LogP) is 3.61. The maximum Gasteiger partial charge on any atom is 0.239 e. The Morgan fingerprint density at radius 2 is 1.72 bits per heavy atom. The summed E-state index contributed by atoms with van der Waals surface area (Å²) in [6, 6.07) is 19.9. The Hall–Kier alpha value is -3.19. The zero-order valence-corrected chi connectivity index (χ0v) is 16.6. The van der Waals surface area contributed by atoms with Crippen molar-refractivity contribution in [2.75, 3.05) is 6.54 Å². The lowest BCUT2D eigenvalue weighted by Crippen LogP contribution is -2.43. The summed E-state index contributed by atoms with van der Waals surface area (Å²) in [6.45, 7) is 1.11. The van der Waals surface area contributed by atoms with Crippen molar-refractivity contribution >= 4 is 23.2 Å². The van der Waals surface area contributed by atoms with Crippen LogP contribution in [0.2, 0.25) is 0 Å². The number of nitrogens with zero attached hydrogens (tertiary/aromatic N) is 1. The normalized spacial score (nSPS) is 10.4. The maximum atomic E-state index is 14.1. The molecule has 0 aliphatic carbocycles. The lowest BCUT2D eigenvalue weighted by Gasteiger charge is -2.26. The van der Waals surface area contributed by atoms with Crippen molar-refractivity contribution in [3.05, 3.63) is 95.7 Å². The highest BCUT2D eigenvalue weighted by atomic mass is 32.1. The smallest absolute Gasteiger partial charge is 0.239 e. The molecule has 150 valence electrons. The molecule has 0 bridgehead atoms. The molecule has 0 atom stereocenters. The number of hydrogen-bond acceptors (Lipinski definition) is 3. The van der Waals surface area contributed by atoms with Gasteiger partial charge in [-0.2, -0.15) is 0 Å². The molecule has 0 aliphatic rings. The largest absolute Gasteiger partial charge is 0.467 e. The SMILES string of the molecule is O=C(CNC(=S)N(Cc1ccccc1)Cc1ccccc1F)NCc1ccco1. The minimum atomic E-state index is -0.287. The molecule has 0 fully saturated rings. The molecule has 1 amide bonds. The van der Waals surface area contributed by atoms with Crippen LogP contribution in [-0.2, 0) is 24.4 Å². The van der Waals surface area contributed by atoms with Gasteiger partial charge in [0.2, 0.25) is 5.91 Å². The molecule has 3 rings (SSSR count). The molecule has 1 heterocycles. The van der Waals surface area contributed by atoms with Gasteiger partial charge in [-0.3, -0.25) is 4.79 Å². The van der Waals surface area contributed by atoms with Gasteiger partial charge in [0.25, 0.3) is 0 Å². The van der Waals surface area contributed by atoms with Gasteiger partial charge in [-0.25, -0.2) is 4.39 Å². The van der Waals surface area contributed by atoms with E-state index < -0.39 is 0 Å². The van der Waals surface area contributed by atoms with Crippen LogP contribution in [0.1, 0.15) is 16.9 Å². The fourth-order valence-electron chi connectivity index (χ4n) is 2.76. The van der Waals surface area contributed by atoms with E-state index in [0.717, 1.165) is 5.56 Å². The number of nitrogens with one attached hydrogen (secondary N) is 2. The van der Waals surface area contributed by atoms with Gasteiger partial charge in [0, 0.05) is 18.7 Å². The van der Waals surface area contributed by atoms with Crippen LogP contribution in [0.15, 0.2) is 77.4 Å². The number of halogens is 1. The van der Waals surface area contributed by atoms with Crippen molar-refractivity contribution in [1.82, 2.24) is 15.5 Å². The van der Waals surface area contributed by atoms with Crippen LogP contribution in [0.4, 0.5) is 4.39 Å². The third kappa shape index (κ3) is 6.43. The first kappa shape index (κ1) is 20.5. The Morgan fingerprint density at radius 3 is 2.45 bits per heavy atom. The summed E-state index contributed by atoms with van der Waals surface area (Å²) in [5.41, 5.74) is 1.57. The number of hydrogen-bond donors (Lipinski definition) is 2.